The second kappa shape index (κ2) is 11.7. The lowest BCUT2D eigenvalue weighted by Crippen LogP contribution is -2.27. The van der Waals surface area contributed by atoms with Crippen LogP contribution in [0.3, 0.4) is 0 Å². The molecule has 9 heteroatoms. The minimum absolute atomic E-state index is 0.211. The van der Waals surface area contributed by atoms with Crippen molar-refractivity contribution in [3.05, 3.63) is 92.3 Å². The van der Waals surface area contributed by atoms with E-state index >= 15 is 0 Å². The molecule has 3 aromatic carbocycles. The molecule has 0 spiro atoms. The Morgan fingerprint density at radius 3 is 2.49 bits per heavy atom. The molecule has 7 nitrogen and oxygen atoms in total. The first-order chi connectivity index (χ1) is 17.8. The summed E-state index contributed by atoms with van der Waals surface area (Å²) in [6, 6.07) is 17.6. The van der Waals surface area contributed by atoms with E-state index in [2.05, 4.69) is 15.9 Å². The van der Waals surface area contributed by atoms with Crippen LogP contribution in [0.25, 0.3) is 6.08 Å². The third-order valence-electron chi connectivity index (χ3n) is 5.61. The fraction of sp³-hybridized carbons (Fsp3) is 0.179. The van der Waals surface area contributed by atoms with Crippen molar-refractivity contribution in [3.63, 3.8) is 0 Å². The number of imide groups is 1. The molecule has 1 heterocycles. The van der Waals surface area contributed by atoms with Crippen molar-refractivity contribution in [2.75, 3.05) is 13.7 Å². The first kappa shape index (κ1) is 26.5. The number of carbonyl (C=O) groups excluding carboxylic acids is 3. The van der Waals surface area contributed by atoms with Crippen molar-refractivity contribution in [2.24, 2.45) is 0 Å². The van der Waals surface area contributed by atoms with E-state index in [1.54, 1.807) is 49.6 Å². The van der Waals surface area contributed by atoms with Gasteiger partial charge in [0, 0.05) is 0 Å². The number of esters is 1. The molecule has 1 aliphatic rings. The maximum absolute atomic E-state index is 13.0. The number of benzene rings is 3. The van der Waals surface area contributed by atoms with E-state index in [0.29, 0.717) is 38.6 Å². The van der Waals surface area contributed by atoms with Crippen molar-refractivity contribution < 1.29 is 28.6 Å². The lowest BCUT2D eigenvalue weighted by atomic mass is 10.1. The van der Waals surface area contributed by atoms with Crippen LogP contribution in [-0.2, 0) is 11.3 Å². The van der Waals surface area contributed by atoms with E-state index in [4.69, 9.17) is 14.2 Å². The van der Waals surface area contributed by atoms with E-state index < -0.39 is 5.97 Å². The number of rotatable bonds is 8. The van der Waals surface area contributed by atoms with Gasteiger partial charge in [0.1, 0.15) is 5.75 Å². The lowest BCUT2D eigenvalue weighted by molar-refractivity contribution is -0.123. The Bertz CT molecular complexity index is 1390. The molecule has 0 saturated carbocycles. The molecule has 1 saturated heterocycles. The molecule has 0 unspecified atom stereocenters. The Kier molecular flexibility index (Phi) is 8.35. The summed E-state index contributed by atoms with van der Waals surface area (Å²) < 4.78 is 17.0. The normalized spacial score (nSPS) is 14.3. The fourth-order valence-electron chi connectivity index (χ4n) is 3.66. The Balaban J connectivity index is 1.58. The summed E-state index contributed by atoms with van der Waals surface area (Å²) in [4.78, 5) is 39.9. The number of carbonyl (C=O) groups is 3. The maximum atomic E-state index is 13.0. The second-order valence-corrected chi connectivity index (χ2v) is 9.92. The van der Waals surface area contributed by atoms with Crippen LogP contribution in [0.5, 0.6) is 17.2 Å². The number of aryl methyl sites for hydroxylation is 1. The average molecular weight is 582 g/mol. The third kappa shape index (κ3) is 6.06. The Labute approximate surface area is 227 Å². The van der Waals surface area contributed by atoms with Crippen LogP contribution in [0.15, 0.2) is 70.0 Å². The fourth-order valence-corrected chi connectivity index (χ4v) is 5.04. The molecular formula is C28H24BrNO6S. The van der Waals surface area contributed by atoms with Crippen molar-refractivity contribution in [1.29, 1.82) is 0 Å². The largest absolute Gasteiger partial charge is 0.497 e. The SMILES string of the molecule is CCOc1cc(/C=C2\SC(=O)N(Cc3ccccc3C)C2=O)cc(Br)c1OC(=O)c1ccc(OC)cc1. The molecule has 0 aliphatic carbocycles. The summed E-state index contributed by atoms with van der Waals surface area (Å²) >= 11 is 4.35. The van der Waals surface area contributed by atoms with Crippen molar-refractivity contribution >= 4 is 50.9 Å². The smallest absolute Gasteiger partial charge is 0.343 e. The number of thioether (sulfide) groups is 1. The van der Waals surface area contributed by atoms with Crippen molar-refractivity contribution in [1.82, 2.24) is 4.90 Å². The first-order valence-corrected chi connectivity index (χ1v) is 13.0. The maximum Gasteiger partial charge on any atom is 0.343 e. The van der Waals surface area contributed by atoms with Gasteiger partial charge in [0.05, 0.1) is 35.2 Å². The monoisotopic (exact) mass is 581 g/mol. The second-order valence-electron chi connectivity index (χ2n) is 8.08. The molecule has 37 heavy (non-hydrogen) atoms. The molecule has 1 aliphatic heterocycles. The summed E-state index contributed by atoms with van der Waals surface area (Å²) in [5, 5.41) is -0.325. The molecule has 190 valence electrons. The van der Waals surface area contributed by atoms with Crippen LogP contribution < -0.4 is 14.2 Å². The van der Waals surface area contributed by atoms with Crippen molar-refractivity contribution in [2.45, 2.75) is 20.4 Å². The highest BCUT2D eigenvalue weighted by Crippen LogP contribution is 2.40. The van der Waals surface area contributed by atoms with Gasteiger partial charge in [-0.1, -0.05) is 24.3 Å². The predicted molar refractivity (Wildman–Crippen MR) is 146 cm³/mol. The van der Waals surface area contributed by atoms with Gasteiger partial charge in [-0.2, -0.15) is 0 Å². The topological polar surface area (TPSA) is 82.1 Å². The first-order valence-electron chi connectivity index (χ1n) is 11.4. The quantitative estimate of drug-likeness (QED) is 0.168. The summed E-state index contributed by atoms with van der Waals surface area (Å²) in [6.45, 7) is 4.30. The molecule has 0 atom stereocenters. The lowest BCUT2D eigenvalue weighted by Gasteiger charge is -2.14. The zero-order chi connectivity index (χ0) is 26.5. The number of methoxy groups -OCH3 is 1. The Morgan fingerprint density at radius 2 is 1.81 bits per heavy atom. The van der Waals surface area contributed by atoms with Crippen LogP contribution in [0.4, 0.5) is 4.79 Å². The van der Waals surface area contributed by atoms with Crippen LogP contribution in [-0.4, -0.2) is 35.7 Å². The predicted octanol–water partition coefficient (Wildman–Crippen LogP) is 6.62. The molecule has 0 N–H and O–H groups in total. The Hall–Kier alpha value is -3.56. The van der Waals surface area contributed by atoms with E-state index in [0.717, 1.165) is 22.9 Å². The van der Waals surface area contributed by atoms with Gasteiger partial charge in [-0.05, 0) is 101 Å². The highest BCUT2D eigenvalue weighted by atomic mass is 79.9. The molecule has 0 aromatic heterocycles. The van der Waals surface area contributed by atoms with Gasteiger partial charge in [-0.3, -0.25) is 14.5 Å². The molecule has 2 amide bonds. The Morgan fingerprint density at radius 1 is 1.08 bits per heavy atom. The van der Waals surface area contributed by atoms with Crippen LogP contribution >= 0.6 is 27.7 Å². The molecule has 0 bridgehead atoms. The van der Waals surface area contributed by atoms with Gasteiger partial charge in [-0.25, -0.2) is 4.79 Å². The number of nitrogens with zero attached hydrogens (tertiary/aromatic N) is 1. The van der Waals surface area contributed by atoms with Crippen molar-refractivity contribution in [3.8, 4) is 17.2 Å². The van der Waals surface area contributed by atoms with Gasteiger partial charge in [0.25, 0.3) is 11.1 Å². The molecule has 0 radical (unpaired) electrons. The summed E-state index contributed by atoms with van der Waals surface area (Å²) in [7, 11) is 1.55. The molecule has 3 aromatic rings. The van der Waals surface area contributed by atoms with E-state index in [1.165, 1.54) is 4.90 Å². The minimum atomic E-state index is -0.561. The molecule has 1 fully saturated rings. The molecular weight excluding hydrogens is 558 g/mol. The number of amides is 2. The van der Waals surface area contributed by atoms with Crippen LogP contribution in [0.2, 0.25) is 0 Å². The zero-order valence-electron chi connectivity index (χ0n) is 20.4. The minimum Gasteiger partial charge on any atom is -0.497 e. The zero-order valence-corrected chi connectivity index (χ0v) is 22.9. The van der Waals surface area contributed by atoms with E-state index in [1.807, 2.05) is 38.1 Å². The van der Waals surface area contributed by atoms with Gasteiger partial charge < -0.3 is 14.2 Å². The molecule has 4 rings (SSSR count). The highest BCUT2D eigenvalue weighted by molar-refractivity contribution is 9.10. The highest BCUT2D eigenvalue weighted by Gasteiger charge is 2.35. The van der Waals surface area contributed by atoms with E-state index in [9.17, 15) is 14.4 Å². The number of ether oxygens (including phenoxy) is 3. The van der Waals surface area contributed by atoms with E-state index in [-0.39, 0.29) is 23.4 Å². The van der Waals surface area contributed by atoms with Crippen LogP contribution in [0.1, 0.15) is 34.0 Å². The third-order valence-corrected chi connectivity index (χ3v) is 7.11. The van der Waals surface area contributed by atoms with Crippen LogP contribution in [0, 0.1) is 6.92 Å². The summed E-state index contributed by atoms with van der Waals surface area (Å²) in [6.07, 6.45) is 1.63. The number of halogens is 1. The summed E-state index contributed by atoms with van der Waals surface area (Å²) in [5.41, 5.74) is 2.88. The number of hydrogen-bond donors (Lipinski definition) is 0. The average Bonchev–Trinajstić information content (AvgIpc) is 3.14. The van der Waals surface area contributed by atoms with Gasteiger partial charge in [-0.15, -0.1) is 0 Å². The summed E-state index contributed by atoms with van der Waals surface area (Å²) in [5.74, 6) is 0.244. The van der Waals surface area contributed by atoms with Gasteiger partial charge in [0.2, 0.25) is 0 Å². The standard InChI is InChI=1S/C28H24BrNO6S/c1-4-35-23-14-18(13-22(29)25(23)36-27(32)19-9-11-21(34-3)12-10-19)15-24-26(31)30(28(33)37-24)16-20-8-6-5-7-17(20)2/h5-15H,4,16H2,1-3H3/b24-15-. The number of hydrogen-bond acceptors (Lipinski definition) is 7. The van der Waals surface area contributed by atoms with Gasteiger partial charge in [0.15, 0.2) is 11.5 Å². The van der Waals surface area contributed by atoms with Gasteiger partial charge >= 0.3 is 5.97 Å².